The van der Waals surface area contributed by atoms with Gasteiger partial charge < -0.3 is 9.88 Å². The van der Waals surface area contributed by atoms with Crippen LogP contribution in [-0.4, -0.2) is 22.1 Å². The SMILES string of the molecule is CCSCCn1ccc(CNC2CC2)c1. The quantitative estimate of drug-likeness (QED) is 0.717. The minimum absolute atomic E-state index is 0.809. The van der Waals surface area contributed by atoms with Crippen molar-refractivity contribution in [3.63, 3.8) is 0 Å². The van der Waals surface area contributed by atoms with Crippen molar-refractivity contribution in [1.29, 1.82) is 0 Å². The first-order valence-corrected chi connectivity index (χ1v) is 6.99. The molecule has 15 heavy (non-hydrogen) atoms. The summed E-state index contributed by atoms with van der Waals surface area (Å²) >= 11 is 2.00. The van der Waals surface area contributed by atoms with Crippen LogP contribution in [0.15, 0.2) is 18.5 Å². The summed E-state index contributed by atoms with van der Waals surface area (Å²) in [6.07, 6.45) is 7.20. The molecule has 0 radical (unpaired) electrons. The van der Waals surface area contributed by atoms with E-state index < -0.39 is 0 Å². The largest absolute Gasteiger partial charge is 0.353 e. The number of rotatable bonds is 7. The highest BCUT2D eigenvalue weighted by molar-refractivity contribution is 7.99. The Hall–Kier alpha value is -0.410. The van der Waals surface area contributed by atoms with Crippen molar-refractivity contribution in [3.8, 4) is 0 Å². The van der Waals surface area contributed by atoms with Gasteiger partial charge in [-0.25, -0.2) is 0 Å². The Morgan fingerprint density at radius 3 is 3.13 bits per heavy atom. The van der Waals surface area contributed by atoms with Gasteiger partial charge in [0, 0.05) is 37.3 Å². The van der Waals surface area contributed by atoms with E-state index in [2.05, 4.69) is 35.3 Å². The highest BCUT2D eigenvalue weighted by Gasteiger charge is 2.19. The number of aromatic nitrogens is 1. The fourth-order valence-electron chi connectivity index (χ4n) is 1.60. The molecule has 1 saturated carbocycles. The third-order valence-electron chi connectivity index (χ3n) is 2.68. The zero-order valence-electron chi connectivity index (χ0n) is 9.41. The van der Waals surface area contributed by atoms with E-state index in [1.54, 1.807) is 0 Å². The monoisotopic (exact) mass is 224 g/mol. The number of aryl methyl sites for hydroxylation is 1. The molecule has 1 N–H and O–H groups in total. The molecule has 84 valence electrons. The van der Waals surface area contributed by atoms with Gasteiger partial charge in [0.2, 0.25) is 0 Å². The van der Waals surface area contributed by atoms with Gasteiger partial charge in [-0.3, -0.25) is 0 Å². The minimum atomic E-state index is 0.809. The van der Waals surface area contributed by atoms with Crippen molar-refractivity contribution in [1.82, 2.24) is 9.88 Å². The Morgan fingerprint density at radius 1 is 1.53 bits per heavy atom. The van der Waals surface area contributed by atoms with Crippen LogP contribution in [0.25, 0.3) is 0 Å². The lowest BCUT2D eigenvalue weighted by Gasteiger charge is -2.01. The molecule has 1 aromatic rings. The van der Waals surface area contributed by atoms with Crippen LogP contribution in [0.2, 0.25) is 0 Å². The first kappa shape index (κ1) is 11.1. The average Bonchev–Trinajstić information content (AvgIpc) is 2.97. The fourth-order valence-corrected chi connectivity index (χ4v) is 2.23. The van der Waals surface area contributed by atoms with Crippen molar-refractivity contribution in [2.24, 2.45) is 0 Å². The van der Waals surface area contributed by atoms with Crippen molar-refractivity contribution in [3.05, 3.63) is 24.0 Å². The number of thioether (sulfide) groups is 1. The van der Waals surface area contributed by atoms with E-state index in [0.29, 0.717) is 0 Å². The van der Waals surface area contributed by atoms with E-state index in [9.17, 15) is 0 Å². The van der Waals surface area contributed by atoms with Gasteiger partial charge >= 0.3 is 0 Å². The van der Waals surface area contributed by atoms with Crippen LogP contribution in [0.4, 0.5) is 0 Å². The van der Waals surface area contributed by atoms with Crippen LogP contribution in [0.3, 0.4) is 0 Å². The molecule has 1 aromatic heterocycles. The van der Waals surface area contributed by atoms with E-state index in [-0.39, 0.29) is 0 Å². The van der Waals surface area contributed by atoms with Crippen LogP contribution in [0.1, 0.15) is 25.3 Å². The highest BCUT2D eigenvalue weighted by Crippen LogP contribution is 2.19. The normalized spacial score (nSPS) is 15.8. The average molecular weight is 224 g/mol. The van der Waals surface area contributed by atoms with Crippen LogP contribution in [0.5, 0.6) is 0 Å². The Balaban J connectivity index is 1.70. The zero-order valence-corrected chi connectivity index (χ0v) is 10.2. The molecule has 2 nitrogen and oxygen atoms in total. The number of nitrogens with one attached hydrogen (secondary N) is 1. The van der Waals surface area contributed by atoms with Gasteiger partial charge in [0.25, 0.3) is 0 Å². The summed E-state index contributed by atoms with van der Waals surface area (Å²) in [5.41, 5.74) is 1.42. The van der Waals surface area contributed by atoms with E-state index >= 15 is 0 Å². The third-order valence-corrected chi connectivity index (χ3v) is 3.56. The molecular formula is C12H20N2S. The lowest BCUT2D eigenvalue weighted by atomic mass is 10.3. The topological polar surface area (TPSA) is 17.0 Å². The van der Waals surface area contributed by atoms with Crippen LogP contribution < -0.4 is 5.32 Å². The second-order valence-electron chi connectivity index (χ2n) is 4.11. The van der Waals surface area contributed by atoms with Gasteiger partial charge in [0.15, 0.2) is 0 Å². The second-order valence-corrected chi connectivity index (χ2v) is 5.50. The molecule has 0 aliphatic heterocycles. The lowest BCUT2D eigenvalue weighted by Crippen LogP contribution is -2.14. The molecule has 0 spiro atoms. The van der Waals surface area contributed by atoms with Crippen LogP contribution in [-0.2, 0) is 13.1 Å². The molecule has 0 unspecified atom stereocenters. The fraction of sp³-hybridized carbons (Fsp3) is 0.667. The number of nitrogens with zero attached hydrogens (tertiary/aromatic N) is 1. The third kappa shape index (κ3) is 3.92. The molecule has 0 bridgehead atoms. The highest BCUT2D eigenvalue weighted by atomic mass is 32.2. The number of hydrogen-bond donors (Lipinski definition) is 1. The van der Waals surface area contributed by atoms with Crippen molar-refractivity contribution < 1.29 is 0 Å². The summed E-state index contributed by atoms with van der Waals surface area (Å²) in [6, 6.07) is 3.04. The molecule has 0 amide bonds. The molecular weight excluding hydrogens is 204 g/mol. The summed E-state index contributed by atoms with van der Waals surface area (Å²) in [5.74, 6) is 2.44. The smallest absolute Gasteiger partial charge is 0.0310 e. The maximum atomic E-state index is 3.53. The van der Waals surface area contributed by atoms with E-state index in [1.165, 1.54) is 29.9 Å². The molecule has 2 rings (SSSR count). The zero-order chi connectivity index (χ0) is 10.5. The summed E-state index contributed by atoms with van der Waals surface area (Å²) in [5, 5.41) is 3.53. The van der Waals surface area contributed by atoms with Gasteiger partial charge in [0.05, 0.1) is 0 Å². The molecule has 1 fully saturated rings. The predicted octanol–water partition coefficient (Wildman–Crippen LogP) is 2.49. The summed E-state index contributed by atoms with van der Waals surface area (Å²) in [6.45, 7) is 4.39. The molecule has 1 aliphatic carbocycles. The van der Waals surface area contributed by atoms with E-state index in [4.69, 9.17) is 0 Å². The molecule has 1 heterocycles. The van der Waals surface area contributed by atoms with E-state index in [1.807, 2.05) is 11.8 Å². The van der Waals surface area contributed by atoms with Gasteiger partial charge in [-0.05, 0) is 30.2 Å². The second kappa shape index (κ2) is 5.61. The Bertz CT molecular complexity index is 292. The van der Waals surface area contributed by atoms with Crippen molar-refractivity contribution >= 4 is 11.8 Å². The van der Waals surface area contributed by atoms with E-state index in [0.717, 1.165) is 19.1 Å². The molecule has 0 atom stereocenters. The first-order chi connectivity index (χ1) is 7.38. The maximum Gasteiger partial charge on any atom is 0.0310 e. The first-order valence-electron chi connectivity index (χ1n) is 5.84. The van der Waals surface area contributed by atoms with Crippen molar-refractivity contribution in [2.75, 3.05) is 11.5 Å². The van der Waals surface area contributed by atoms with Gasteiger partial charge in [-0.15, -0.1) is 0 Å². The number of hydrogen-bond acceptors (Lipinski definition) is 2. The predicted molar refractivity (Wildman–Crippen MR) is 67.3 cm³/mol. The summed E-state index contributed by atoms with van der Waals surface area (Å²) in [7, 11) is 0. The van der Waals surface area contributed by atoms with Gasteiger partial charge in [0.1, 0.15) is 0 Å². The Kier molecular flexibility index (Phi) is 4.15. The minimum Gasteiger partial charge on any atom is -0.353 e. The molecule has 0 aromatic carbocycles. The van der Waals surface area contributed by atoms with Gasteiger partial charge in [-0.2, -0.15) is 11.8 Å². The van der Waals surface area contributed by atoms with Crippen LogP contribution in [0, 0.1) is 0 Å². The summed E-state index contributed by atoms with van der Waals surface area (Å²) in [4.78, 5) is 0. The molecule has 1 aliphatic rings. The maximum absolute atomic E-state index is 3.53. The Morgan fingerprint density at radius 2 is 2.40 bits per heavy atom. The van der Waals surface area contributed by atoms with Crippen LogP contribution >= 0.6 is 11.8 Å². The van der Waals surface area contributed by atoms with Gasteiger partial charge in [-0.1, -0.05) is 6.92 Å². The lowest BCUT2D eigenvalue weighted by molar-refractivity contribution is 0.684. The standard InChI is InChI=1S/C12H20N2S/c1-2-15-8-7-14-6-5-11(10-14)9-13-12-3-4-12/h5-6,10,12-13H,2-4,7-9H2,1H3. The summed E-state index contributed by atoms with van der Waals surface area (Å²) < 4.78 is 2.30. The van der Waals surface area contributed by atoms with Crippen molar-refractivity contribution in [2.45, 2.75) is 38.9 Å². The Labute approximate surface area is 96.4 Å². The molecule has 0 saturated heterocycles. The molecule has 3 heteroatoms.